The lowest BCUT2D eigenvalue weighted by atomic mass is 9.97. The minimum atomic E-state index is -0.0116. The molecule has 2 atom stereocenters. The average molecular weight is 197 g/mol. The summed E-state index contributed by atoms with van der Waals surface area (Å²) in [6, 6.07) is -0.0116. The molecule has 1 heterocycles. The Labute approximate surface area is 85.0 Å². The van der Waals surface area contributed by atoms with Crippen molar-refractivity contribution in [1.29, 1.82) is 0 Å². The summed E-state index contributed by atoms with van der Waals surface area (Å²) >= 11 is 0. The predicted octanol–water partition coefficient (Wildman–Crippen LogP) is 1.47. The quantitative estimate of drug-likeness (QED) is 0.795. The molecule has 0 aliphatic heterocycles. The molecular weight excluding hydrogens is 178 g/mol. The number of aromatic nitrogens is 2. The van der Waals surface area contributed by atoms with E-state index in [0.717, 1.165) is 17.9 Å². The van der Waals surface area contributed by atoms with Crippen LogP contribution in [0.15, 0.2) is 6.20 Å². The van der Waals surface area contributed by atoms with Crippen LogP contribution in [0.4, 0.5) is 0 Å². The van der Waals surface area contributed by atoms with Crippen LogP contribution in [0.5, 0.6) is 5.75 Å². The van der Waals surface area contributed by atoms with E-state index in [0.29, 0.717) is 5.92 Å². The SMILES string of the molecule is CCC(C)C(N)c1c(OC)cnn1C. The average Bonchev–Trinajstić information content (AvgIpc) is 2.57. The standard InChI is InChI=1S/C10H19N3O/c1-5-7(2)9(11)10-8(14-4)6-12-13(10)3/h6-7,9H,5,11H2,1-4H3. The van der Waals surface area contributed by atoms with Gasteiger partial charge in [0.25, 0.3) is 0 Å². The number of hydrogen-bond acceptors (Lipinski definition) is 3. The maximum Gasteiger partial charge on any atom is 0.161 e. The fourth-order valence-corrected chi connectivity index (χ4v) is 1.49. The summed E-state index contributed by atoms with van der Waals surface area (Å²) in [4.78, 5) is 0. The summed E-state index contributed by atoms with van der Waals surface area (Å²) in [7, 11) is 3.53. The van der Waals surface area contributed by atoms with Crippen molar-refractivity contribution in [3.8, 4) is 5.75 Å². The van der Waals surface area contributed by atoms with Gasteiger partial charge < -0.3 is 10.5 Å². The maximum atomic E-state index is 6.13. The zero-order valence-corrected chi connectivity index (χ0v) is 9.32. The van der Waals surface area contributed by atoms with E-state index >= 15 is 0 Å². The Morgan fingerprint density at radius 2 is 2.29 bits per heavy atom. The molecule has 4 nitrogen and oxygen atoms in total. The van der Waals surface area contributed by atoms with E-state index < -0.39 is 0 Å². The van der Waals surface area contributed by atoms with Gasteiger partial charge in [-0.3, -0.25) is 4.68 Å². The highest BCUT2D eigenvalue weighted by molar-refractivity contribution is 5.28. The number of nitrogens with two attached hydrogens (primary N) is 1. The lowest BCUT2D eigenvalue weighted by Gasteiger charge is -2.19. The van der Waals surface area contributed by atoms with Crippen molar-refractivity contribution in [2.24, 2.45) is 18.7 Å². The van der Waals surface area contributed by atoms with E-state index in [1.54, 1.807) is 18.0 Å². The van der Waals surface area contributed by atoms with Gasteiger partial charge in [-0.2, -0.15) is 5.10 Å². The first-order chi connectivity index (χ1) is 6.61. The lowest BCUT2D eigenvalue weighted by Crippen LogP contribution is -2.22. The molecule has 14 heavy (non-hydrogen) atoms. The van der Waals surface area contributed by atoms with E-state index in [9.17, 15) is 0 Å². The van der Waals surface area contributed by atoms with Gasteiger partial charge in [0.1, 0.15) is 0 Å². The van der Waals surface area contributed by atoms with Gasteiger partial charge in [-0.1, -0.05) is 20.3 Å². The molecule has 2 unspecified atom stereocenters. The van der Waals surface area contributed by atoms with Crippen molar-refractivity contribution in [3.63, 3.8) is 0 Å². The molecule has 0 aliphatic carbocycles. The lowest BCUT2D eigenvalue weighted by molar-refractivity contribution is 0.379. The summed E-state index contributed by atoms with van der Waals surface area (Å²) in [5.41, 5.74) is 7.10. The normalized spacial score (nSPS) is 15.2. The molecule has 1 aromatic rings. The summed E-state index contributed by atoms with van der Waals surface area (Å²) in [6.45, 7) is 4.27. The molecule has 0 aromatic carbocycles. The first kappa shape index (κ1) is 11.0. The Bertz CT molecular complexity index is 296. The fourth-order valence-electron chi connectivity index (χ4n) is 1.49. The molecule has 0 saturated heterocycles. The second-order valence-electron chi connectivity index (χ2n) is 3.63. The predicted molar refractivity (Wildman–Crippen MR) is 56.1 cm³/mol. The molecule has 0 spiro atoms. The highest BCUT2D eigenvalue weighted by atomic mass is 16.5. The number of nitrogens with zero attached hydrogens (tertiary/aromatic N) is 2. The monoisotopic (exact) mass is 197 g/mol. The van der Waals surface area contributed by atoms with Crippen molar-refractivity contribution >= 4 is 0 Å². The summed E-state index contributed by atoms with van der Waals surface area (Å²) in [6.07, 6.45) is 2.76. The Hall–Kier alpha value is -1.03. The Kier molecular flexibility index (Phi) is 3.52. The van der Waals surface area contributed by atoms with Gasteiger partial charge in [-0.25, -0.2) is 0 Å². The summed E-state index contributed by atoms with van der Waals surface area (Å²) in [5.74, 6) is 1.21. The zero-order chi connectivity index (χ0) is 10.7. The fraction of sp³-hybridized carbons (Fsp3) is 0.700. The second kappa shape index (κ2) is 4.46. The van der Waals surface area contributed by atoms with Crippen molar-refractivity contribution in [3.05, 3.63) is 11.9 Å². The van der Waals surface area contributed by atoms with Gasteiger partial charge in [-0.15, -0.1) is 0 Å². The molecule has 0 bridgehead atoms. The zero-order valence-electron chi connectivity index (χ0n) is 9.32. The molecule has 80 valence electrons. The van der Waals surface area contributed by atoms with E-state index in [1.807, 2.05) is 7.05 Å². The van der Waals surface area contributed by atoms with Crippen LogP contribution in [0, 0.1) is 5.92 Å². The molecule has 0 saturated carbocycles. The van der Waals surface area contributed by atoms with Crippen LogP contribution >= 0.6 is 0 Å². The number of rotatable bonds is 4. The molecule has 1 rings (SSSR count). The van der Waals surface area contributed by atoms with Gasteiger partial charge in [0.05, 0.1) is 25.0 Å². The van der Waals surface area contributed by atoms with Gasteiger partial charge in [-0.05, 0) is 5.92 Å². The Morgan fingerprint density at radius 1 is 1.64 bits per heavy atom. The van der Waals surface area contributed by atoms with Crippen LogP contribution in [0.2, 0.25) is 0 Å². The summed E-state index contributed by atoms with van der Waals surface area (Å²) in [5, 5.41) is 4.14. The van der Waals surface area contributed by atoms with Crippen molar-refractivity contribution in [2.75, 3.05) is 7.11 Å². The van der Waals surface area contributed by atoms with Crippen LogP contribution in [0.3, 0.4) is 0 Å². The third-order valence-electron chi connectivity index (χ3n) is 2.74. The molecular formula is C10H19N3O. The molecule has 0 radical (unpaired) electrons. The van der Waals surface area contributed by atoms with Crippen LogP contribution < -0.4 is 10.5 Å². The second-order valence-corrected chi connectivity index (χ2v) is 3.63. The van der Waals surface area contributed by atoms with Crippen LogP contribution in [-0.4, -0.2) is 16.9 Å². The highest BCUT2D eigenvalue weighted by Crippen LogP contribution is 2.28. The first-order valence-electron chi connectivity index (χ1n) is 4.93. The van der Waals surface area contributed by atoms with Gasteiger partial charge in [0.15, 0.2) is 5.75 Å². The third kappa shape index (κ3) is 1.90. The number of aryl methyl sites for hydroxylation is 1. The number of hydrogen-bond donors (Lipinski definition) is 1. The molecule has 1 aromatic heterocycles. The number of ether oxygens (including phenoxy) is 1. The largest absolute Gasteiger partial charge is 0.493 e. The Morgan fingerprint density at radius 3 is 2.79 bits per heavy atom. The maximum absolute atomic E-state index is 6.13. The van der Waals surface area contributed by atoms with E-state index in [4.69, 9.17) is 10.5 Å². The van der Waals surface area contributed by atoms with E-state index in [-0.39, 0.29) is 6.04 Å². The van der Waals surface area contributed by atoms with Gasteiger partial charge in [0, 0.05) is 7.05 Å². The molecule has 0 fully saturated rings. The summed E-state index contributed by atoms with van der Waals surface area (Å²) < 4.78 is 7.01. The topological polar surface area (TPSA) is 53.1 Å². The smallest absolute Gasteiger partial charge is 0.161 e. The highest BCUT2D eigenvalue weighted by Gasteiger charge is 2.21. The minimum absolute atomic E-state index is 0.0116. The molecule has 2 N–H and O–H groups in total. The van der Waals surface area contributed by atoms with Crippen LogP contribution in [-0.2, 0) is 7.05 Å². The molecule has 4 heteroatoms. The van der Waals surface area contributed by atoms with Gasteiger partial charge >= 0.3 is 0 Å². The van der Waals surface area contributed by atoms with Crippen molar-refractivity contribution in [1.82, 2.24) is 9.78 Å². The number of methoxy groups -OCH3 is 1. The third-order valence-corrected chi connectivity index (χ3v) is 2.74. The van der Waals surface area contributed by atoms with Crippen molar-refractivity contribution in [2.45, 2.75) is 26.3 Å². The first-order valence-corrected chi connectivity index (χ1v) is 4.93. The minimum Gasteiger partial charge on any atom is -0.493 e. The van der Waals surface area contributed by atoms with Crippen LogP contribution in [0.1, 0.15) is 32.0 Å². The van der Waals surface area contributed by atoms with E-state index in [2.05, 4.69) is 18.9 Å². The van der Waals surface area contributed by atoms with E-state index in [1.165, 1.54) is 0 Å². The molecule has 0 amide bonds. The molecule has 0 aliphatic rings. The van der Waals surface area contributed by atoms with Crippen LogP contribution in [0.25, 0.3) is 0 Å². The van der Waals surface area contributed by atoms with Gasteiger partial charge in [0.2, 0.25) is 0 Å². The Balaban J connectivity index is 2.97. The van der Waals surface area contributed by atoms with Crippen molar-refractivity contribution < 1.29 is 4.74 Å².